The molecule has 0 unspecified atom stereocenters. The number of nitrogens with zero attached hydrogens (tertiary/aromatic N) is 1. The number of hydrogen-bond acceptors (Lipinski definition) is 2. The van der Waals surface area contributed by atoms with E-state index in [4.69, 9.17) is 4.74 Å². The minimum atomic E-state index is -0.321. The predicted molar refractivity (Wildman–Crippen MR) is 67.4 cm³/mol. The van der Waals surface area contributed by atoms with E-state index in [0.717, 1.165) is 25.2 Å². The first kappa shape index (κ1) is 10.7. The number of aryl methyl sites for hydroxylation is 1. The first-order chi connectivity index (χ1) is 8.25. The Morgan fingerprint density at radius 2 is 2.29 bits per heavy atom. The zero-order valence-corrected chi connectivity index (χ0v) is 10.0. The first-order valence-electron chi connectivity index (χ1n) is 6.17. The average Bonchev–Trinajstić information content (AvgIpc) is 2.72. The van der Waals surface area contributed by atoms with Gasteiger partial charge >= 0.3 is 0 Å². The summed E-state index contributed by atoms with van der Waals surface area (Å²) < 4.78 is 7.77. The lowest BCUT2D eigenvalue weighted by Crippen LogP contribution is -2.11. The molecule has 1 aromatic carbocycles. The van der Waals surface area contributed by atoms with Crippen LogP contribution in [0.5, 0.6) is 5.75 Å². The molecule has 0 saturated carbocycles. The van der Waals surface area contributed by atoms with Crippen molar-refractivity contribution in [3.63, 3.8) is 0 Å². The van der Waals surface area contributed by atoms with Gasteiger partial charge in [-0.25, -0.2) is 0 Å². The third-order valence-corrected chi connectivity index (χ3v) is 3.31. The molecule has 0 bridgehead atoms. The lowest BCUT2D eigenvalue weighted by atomic mass is 10.0. The lowest BCUT2D eigenvalue weighted by molar-refractivity contribution is 0.175. The Bertz CT molecular complexity index is 542. The van der Waals surface area contributed by atoms with Crippen LogP contribution < -0.4 is 4.74 Å². The van der Waals surface area contributed by atoms with Crippen molar-refractivity contribution in [2.45, 2.75) is 32.4 Å². The molecular weight excluding hydrogens is 214 g/mol. The van der Waals surface area contributed by atoms with Crippen LogP contribution in [-0.2, 0) is 13.0 Å². The van der Waals surface area contributed by atoms with Crippen LogP contribution >= 0.6 is 0 Å². The van der Waals surface area contributed by atoms with Crippen molar-refractivity contribution in [2.24, 2.45) is 0 Å². The highest BCUT2D eigenvalue weighted by atomic mass is 16.5. The molecule has 1 N–H and O–H groups in total. The summed E-state index contributed by atoms with van der Waals surface area (Å²) >= 11 is 0. The van der Waals surface area contributed by atoms with Crippen LogP contribution in [0.15, 0.2) is 24.4 Å². The number of aliphatic hydroxyl groups is 1. The van der Waals surface area contributed by atoms with Crippen molar-refractivity contribution in [2.75, 3.05) is 6.61 Å². The number of hydrogen-bond donors (Lipinski definition) is 1. The quantitative estimate of drug-likeness (QED) is 0.861. The predicted octanol–water partition coefficient (Wildman–Crippen LogP) is 2.35. The third kappa shape index (κ3) is 1.80. The summed E-state index contributed by atoms with van der Waals surface area (Å²) in [5, 5.41) is 10.7. The summed E-state index contributed by atoms with van der Waals surface area (Å²) in [5.74, 6) is 1.03. The first-order valence-corrected chi connectivity index (χ1v) is 6.17. The van der Waals surface area contributed by atoms with Crippen LogP contribution in [0.3, 0.4) is 0 Å². The van der Waals surface area contributed by atoms with Gasteiger partial charge < -0.3 is 14.4 Å². The number of aliphatic hydroxyl groups excluding tert-OH is 1. The van der Waals surface area contributed by atoms with Crippen molar-refractivity contribution in [1.29, 1.82) is 0 Å². The summed E-state index contributed by atoms with van der Waals surface area (Å²) in [6.07, 6.45) is 3.91. The van der Waals surface area contributed by atoms with Gasteiger partial charge in [0.05, 0.1) is 12.7 Å². The van der Waals surface area contributed by atoms with Gasteiger partial charge in [0.15, 0.2) is 0 Å². The fourth-order valence-corrected chi connectivity index (χ4v) is 2.58. The van der Waals surface area contributed by atoms with Gasteiger partial charge in [-0.05, 0) is 38.0 Å². The van der Waals surface area contributed by atoms with Crippen molar-refractivity contribution in [1.82, 2.24) is 4.57 Å². The van der Waals surface area contributed by atoms with E-state index in [1.165, 1.54) is 16.5 Å². The summed E-state index contributed by atoms with van der Waals surface area (Å²) in [5.41, 5.74) is 2.51. The SMILES string of the molecule is C[C@H](O)Cn1ccc2c3c(ccc21)OCCC3. The summed E-state index contributed by atoms with van der Waals surface area (Å²) in [7, 11) is 0. The van der Waals surface area contributed by atoms with E-state index in [9.17, 15) is 5.11 Å². The van der Waals surface area contributed by atoms with E-state index >= 15 is 0 Å². The van der Waals surface area contributed by atoms with E-state index in [0.29, 0.717) is 6.54 Å². The Labute approximate surface area is 101 Å². The molecule has 0 radical (unpaired) electrons. The van der Waals surface area contributed by atoms with Gasteiger partial charge in [-0.2, -0.15) is 0 Å². The largest absolute Gasteiger partial charge is 0.493 e. The number of aromatic nitrogens is 1. The molecule has 1 aliphatic rings. The van der Waals surface area contributed by atoms with Crippen LogP contribution in [0.1, 0.15) is 18.9 Å². The van der Waals surface area contributed by atoms with Crippen LogP contribution in [0.25, 0.3) is 10.9 Å². The highest BCUT2D eigenvalue weighted by Crippen LogP contribution is 2.32. The lowest BCUT2D eigenvalue weighted by Gasteiger charge is -2.18. The molecule has 3 rings (SSSR count). The molecule has 0 fully saturated rings. The van der Waals surface area contributed by atoms with Crippen molar-refractivity contribution >= 4 is 10.9 Å². The Hall–Kier alpha value is -1.48. The summed E-state index contributed by atoms with van der Waals surface area (Å²) in [6, 6.07) is 6.27. The second-order valence-corrected chi connectivity index (χ2v) is 4.74. The van der Waals surface area contributed by atoms with Gasteiger partial charge in [0, 0.05) is 29.2 Å². The highest BCUT2D eigenvalue weighted by Gasteiger charge is 2.15. The van der Waals surface area contributed by atoms with Gasteiger partial charge in [-0.1, -0.05) is 0 Å². The normalized spacial score (nSPS) is 16.6. The Morgan fingerprint density at radius 3 is 3.12 bits per heavy atom. The average molecular weight is 231 g/mol. The highest BCUT2D eigenvalue weighted by molar-refractivity contribution is 5.86. The minimum Gasteiger partial charge on any atom is -0.493 e. The summed E-state index contributed by atoms with van der Waals surface area (Å²) in [6.45, 7) is 3.28. The molecule has 3 heteroatoms. The molecule has 0 spiro atoms. The maximum absolute atomic E-state index is 9.48. The van der Waals surface area contributed by atoms with E-state index in [2.05, 4.69) is 22.8 Å². The van der Waals surface area contributed by atoms with E-state index in [1.54, 1.807) is 0 Å². The van der Waals surface area contributed by atoms with Crippen molar-refractivity contribution in [3.8, 4) is 5.75 Å². The second-order valence-electron chi connectivity index (χ2n) is 4.74. The number of fused-ring (bicyclic) bond motifs is 3. The molecule has 0 aliphatic carbocycles. The topological polar surface area (TPSA) is 34.4 Å². The second kappa shape index (κ2) is 4.08. The molecule has 0 amide bonds. The fourth-order valence-electron chi connectivity index (χ4n) is 2.58. The van der Waals surface area contributed by atoms with E-state index in [-0.39, 0.29) is 6.10 Å². The van der Waals surface area contributed by atoms with Crippen molar-refractivity contribution < 1.29 is 9.84 Å². The smallest absolute Gasteiger partial charge is 0.123 e. The van der Waals surface area contributed by atoms with Crippen LogP contribution in [-0.4, -0.2) is 22.4 Å². The molecule has 2 heterocycles. The van der Waals surface area contributed by atoms with E-state index in [1.807, 2.05) is 13.1 Å². The molecule has 1 aliphatic heterocycles. The molecule has 2 aromatic rings. The molecular formula is C14H17NO2. The molecule has 3 nitrogen and oxygen atoms in total. The van der Waals surface area contributed by atoms with Crippen LogP contribution in [0, 0.1) is 0 Å². The maximum Gasteiger partial charge on any atom is 0.123 e. The Morgan fingerprint density at radius 1 is 1.41 bits per heavy atom. The molecule has 1 atom stereocenters. The monoisotopic (exact) mass is 231 g/mol. The molecule has 1 aromatic heterocycles. The number of benzene rings is 1. The zero-order chi connectivity index (χ0) is 11.8. The minimum absolute atomic E-state index is 0.321. The third-order valence-electron chi connectivity index (χ3n) is 3.31. The van der Waals surface area contributed by atoms with Gasteiger partial charge in [-0.3, -0.25) is 0 Å². The standard InChI is InChI=1S/C14H17NO2/c1-10(16)9-15-7-6-11-12-3-2-8-17-14(12)5-4-13(11)15/h4-7,10,16H,2-3,8-9H2,1H3/t10-/m0/s1. The maximum atomic E-state index is 9.48. The number of rotatable bonds is 2. The van der Waals surface area contributed by atoms with E-state index < -0.39 is 0 Å². The Balaban J connectivity index is 2.12. The zero-order valence-electron chi connectivity index (χ0n) is 10.0. The Kier molecular flexibility index (Phi) is 2.56. The van der Waals surface area contributed by atoms with Gasteiger partial charge in [0.1, 0.15) is 5.75 Å². The van der Waals surface area contributed by atoms with Crippen molar-refractivity contribution in [3.05, 3.63) is 30.0 Å². The van der Waals surface area contributed by atoms with Gasteiger partial charge in [-0.15, -0.1) is 0 Å². The van der Waals surface area contributed by atoms with Crippen LogP contribution in [0.2, 0.25) is 0 Å². The molecule has 0 saturated heterocycles. The number of ether oxygens (including phenoxy) is 1. The summed E-state index contributed by atoms with van der Waals surface area (Å²) in [4.78, 5) is 0. The van der Waals surface area contributed by atoms with Crippen LogP contribution in [0.4, 0.5) is 0 Å². The van der Waals surface area contributed by atoms with Gasteiger partial charge in [0.25, 0.3) is 0 Å². The molecule has 90 valence electrons. The molecule has 17 heavy (non-hydrogen) atoms. The fraction of sp³-hybridized carbons (Fsp3) is 0.429. The van der Waals surface area contributed by atoms with Gasteiger partial charge in [0.2, 0.25) is 0 Å².